The minimum absolute atomic E-state index is 0.187. The summed E-state index contributed by atoms with van der Waals surface area (Å²) in [4.78, 5) is 42.9. The van der Waals surface area contributed by atoms with E-state index in [9.17, 15) is 14.4 Å². The molecule has 1 aliphatic rings. The van der Waals surface area contributed by atoms with Crippen LogP contribution in [0.3, 0.4) is 0 Å². The molecule has 1 atom stereocenters. The number of carbonyl (C=O) groups excluding carboxylic acids is 1. The molecular formula is C17H25N5O5. The fourth-order valence-corrected chi connectivity index (χ4v) is 3.42. The van der Waals surface area contributed by atoms with E-state index in [1.54, 1.807) is 18.7 Å². The highest BCUT2D eigenvalue weighted by molar-refractivity contribution is 5.70. The topological polar surface area (TPSA) is 101 Å². The van der Waals surface area contributed by atoms with Crippen LogP contribution in [-0.4, -0.2) is 69.0 Å². The summed E-state index contributed by atoms with van der Waals surface area (Å²) in [5.41, 5.74) is 0.125. The molecule has 27 heavy (non-hydrogen) atoms. The van der Waals surface area contributed by atoms with Gasteiger partial charge in [-0.05, 0) is 6.42 Å². The predicted octanol–water partition coefficient (Wildman–Crippen LogP) is -0.912. The Kier molecular flexibility index (Phi) is 5.76. The Labute approximate surface area is 155 Å². The average molecular weight is 379 g/mol. The minimum atomic E-state index is -0.364. The van der Waals surface area contributed by atoms with Crippen LogP contribution >= 0.6 is 0 Å². The molecule has 0 aliphatic carbocycles. The maximum absolute atomic E-state index is 12.7. The van der Waals surface area contributed by atoms with Gasteiger partial charge in [0.15, 0.2) is 11.2 Å². The molecular weight excluding hydrogens is 354 g/mol. The van der Waals surface area contributed by atoms with E-state index in [1.807, 2.05) is 0 Å². The van der Waals surface area contributed by atoms with Gasteiger partial charge in [-0.2, -0.15) is 0 Å². The summed E-state index contributed by atoms with van der Waals surface area (Å²) in [5.74, 6) is -0.290. The maximum atomic E-state index is 12.7. The lowest BCUT2D eigenvalue weighted by Crippen LogP contribution is -2.44. The minimum Gasteiger partial charge on any atom is -0.469 e. The molecule has 0 spiro atoms. The zero-order valence-electron chi connectivity index (χ0n) is 15.9. The number of rotatable bonds is 6. The summed E-state index contributed by atoms with van der Waals surface area (Å²) in [6, 6.07) is 0. The van der Waals surface area contributed by atoms with E-state index in [-0.39, 0.29) is 29.7 Å². The first-order valence-corrected chi connectivity index (χ1v) is 8.94. The number of aryl methyl sites for hydroxylation is 2. The van der Waals surface area contributed by atoms with Crippen LogP contribution in [0, 0.1) is 0 Å². The smallest absolute Gasteiger partial charge is 0.332 e. The van der Waals surface area contributed by atoms with E-state index >= 15 is 0 Å². The number of ether oxygens (including phenoxy) is 2. The third-order valence-corrected chi connectivity index (χ3v) is 4.90. The van der Waals surface area contributed by atoms with Crippen molar-refractivity contribution in [2.75, 3.05) is 33.4 Å². The molecule has 1 aliphatic heterocycles. The zero-order valence-corrected chi connectivity index (χ0v) is 15.9. The van der Waals surface area contributed by atoms with Crippen molar-refractivity contribution in [1.29, 1.82) is 0 Å². The van der Waals surface area contributed by atoms with Gasteiger partial charge in [0.1, 0.15) is 0 Å². The van der Waals surface area contributed by atoms with Gasteiger partial charge in [-0.3, -0.25) is 23.6 Å². The van der Waals surface area contributed by atoms with Crippen LogP contribution in [0.5, 0.6) is 0 Å². The summed E-state index contributed by atoms with van der Waals surface area (Å²) in [6.07, 6.45) is 2.21. The Morgan fingerprint density at radius 1 is 1.33 bits per heavy atom. The lowest BCUT2D eigenvalue weighted by atomic mass is 10.2. The summed E-state index contributed by atoms with van der Waals surface area (Å²) in [7, 11) is 4.72. The van der Waals surface area contributed by atoms with E-state index in [0.717, 1.165) is 6.54 Å². The predicted molar refractivity (Wildman–Crippen MR) is 97.6 cm³/mol. The Hall–Kier alpha value is -2.46. The zero-order chi connectivity index (χ0) is 19.6. The second-order valence-corrected chi connectivity index (χ2v) is 6.75. The molecule has 0 unspecified atom stereocenters. The van der Waals surface area contributed by atoms with Crippen LogP contribution in [0.25, 0.3) is 11.2 Å². The van der Waals surface area contributed by atoms with Crippen molar-refractivity contribution in [3.63, 3.8) is 0 Å². The summed E-state index contributed by atoms with van der Waals surface area (Å²) in [5, 5.41) is 0. The van der Waals surface area contributed by atoms with E-state index in [0.29, 0.717) is 43.8 Å². The standard InChI is InChI=1S/C17H25N5O5/c1-19-11-18-15-14(19)16(24)22(17(25)20(15)2)6-4-5-21-7-8-27-12(10-21)9-13(23)26-3/h11-12H,4-10H2,1-3H3/t12-/m1/s1. The number of esters is 1. The lowest BCUT2D eigenvalue weighted by molar-refractivity contribution is -0.145. The number of fused-ring (bicyclic) bond motifs is 1. The summed E-state index contributed by atoms with van der Waals surface area (Å²) in [6.45, 7) is 2.96. The lowest BCUT2D eigenvalue weighted by Gasteiger charge is -2.32. The normalized spacial score (nSPS) is 18.1. The Bertz CT molecular complexity index is 944. The third kappa shape index (κ3) is 3.96. The molecule has 3 rings (SSSR count). The number of aromatic nitrogens is 4. The van der Waals surface area contributed by atoms with Gasteiger partial charge in [0.25, 0.3) is 5.56 Å². The molecule has 0 aromatic carbocycles. The van der Waals surface area contributed by atoms with Crippen LogP contribution in [0.2, 0.25) is 0 Å². The van der Waals surface area contributed by atoms with Crippen LogP contribution in [0.4, 0.5) is 0 Å². The molecule has 10 nitrogen and oxygen atoms in total. The third-order valence-electron chi connectivity index (χ3n) is 4.90. The number of nitrogens with zero attached hydrogens (tertiary/aromatic N) is 5. The van der Waals surface area contributed by atoms with Gasteiger partial charge >= 0.3 is 11.7 Å². The van der Waals surface area contributed by atoms with Crippen LogP contribution in [0.15, 0.2) is 15.9 Å². The molecule has 0 N–H and O–H groups in total. The molecule has 3 heterocycles. The average Bonchev–Trinajstić information content (AvgIpc) is 3.05. The van der Waals surface area contributed by atoms with Crippen molar-refractivity contribution in [2.24, 2.45) is 14.1 Å². The Morgan fingerprint density at radius 3 is 2.85 bits per heavy atom. The van der Waals surface area contributed by atoms with Gasteiger partial charge < -0.3 is 14.0 Å². The number of methoxy groups -OCH3 is 1. The fraction of sp³-hybridized carbons (Fsp3) is 0.647. The van der Waals surface area contributed by atoms with Gasteiger partial charge in [-0.25, -0.2) is 9.78 Å². The molecule has 0 amide bonds. The highest BCUT2D eigenvalue weighted by atomic mass is 16.5. The molecule has 2 aromatic heterocycles. The van der Waals surface area contributed by atoms with Crippen molar-refractivity contribution in [2.45, 2.75) is 25.5 Å². The van der Waals surface area contributed by atoms with Crippen molar-refractivity contribution in [3.05, 3.63) is 27.2 Å². The van der Waals surface area contributed by atoms with Gasteiger partial charge in [0, 0.05) is 40.3 Å². The number of carbonyl (C=O) groups is 1. The first-order chi connectivity index (χ1) is 12.9. The van der Waals surface area contributed by atoms with Crippen molar-refractivity contribution < 1.29 is 14.3 Å². The van der Waals surface area contributed by atoms with Gasteiger partial charge in [-0.15, -0.1) is 0 Å². The first kappa shape index (κ1) is 19.3. The molecule has 10 heteroatoms. The molecule has 0 radical (unpaired) electrons. The molecule has 1 saturated heterocycles. The second-order valence-electron chi connectivity index (χ2n) is 6.75. The Balaban J connectivity index is 1.66. The molecule has 2 aromatic rings. The number of imidazole rings is 1. The molecule has 0 bridgehead atoms. The Morgan fingerprint density at radius 2 is 2.11 bits per heavy atom. The van der Waals surface area contributed by atoms with Crippen LogP contribution < -0.4 is 11.2 Å². The largest absolute Gasteiger partial charge is 0.469 e. The summed E-state index contributed by atoms with van der Waals surface area (Å²) >= 11 is 0. The highest BCUT2D eigenvalue weighted by Crippen LogP contribution is 2.10. The van der Waals surface area contributed by atoms with Crippen molar-refractivity contribution in [1.82, 2.24) is 23.6 Å². The second kappa shape index (κ2) is 8.05. The molecule has 148 valence electrons. The summed E-state index contributed by atoms with van der Waals surface area (Å²) < 4.78 is 14.6. The highest BCUT2D eigenvalue weighted by Gasteiger charge is 2.23. The van der Waals surface area contributed by atoms with E-state index in [1.165, 1.54) is 22.6 Å². The van der Waals surface area contributed by atoms with Crippen molar-refractivity contribution in [3.8, 4) is 0 Å². The van der Waals surface area contributed by atoms with Crippen LogP contribution in [-0.2, 0) is 34.9 Å². The monoisotopic (exact) mass is 379 g/mol. The fourth-order valence-electron chi connectivity index (χ4n) is 3.42. The molecule has 0 saturated carbocycles. The molecule has 1 fully saturated rings. The van der Waals surface area contributed by atoms with E-state index in [2.05, 4.69) is 14.6 Å². The van der Waals surface area contributed by atoms with Crippen molar-refractivity contribution >= 4 is 17.1 Å². The maximum Gasteiger partial charge on any atom is 0.332 e. The van der Waals surface area contributed by atoms with E-state index in [4.69, 9.17) is 4.74 Å². The van der Waals surface area contributed by atoms with E-state index < -0.39 is 0 Å². The number of hydrogen-bond donors (Lipinski definition) is 0. The number of hydrogen-bond acceptors (Lipinski definition) is 7. The van der Waals surface area contributed by atoms with Gasteiger partial charge in [-0.1, -0.05) is 0 Å². The van der Waals surface area contributed by atoms with Gasteiger partial charge in [0.2, 0.25) is 0 Å². The number of morpholine rings is 1. The van der Waals surface area contributed by atoms with Crippen LogP contribution in [0.1, 0.15) is 12.8 Å². The first-order valence-electron chi connectivity index (χ1n) is 8.94. The quantitative estimate of drug-likeness (QED) is 0.599. The SMILES string of the molecule is COC(=O)C[C@@H]1CN(CCCn2c(=O)c3c(ncn3C)n(C)c2=O)CCO1. The van der Waals surface area contributed by atoms with Gasteiger partial charge in [0.05, 0.1) is 32.6 Å².